The molecule has 0 spiro atoms. The summed E-state index contributed by atoms with van der Waals surface area (Å²) in [5.74, 6) is 0.178. The molecule has 0 saturated carbocycles. The lowest BCUT2D eigenvalue weighted by Gasteiger charge is -2.29. The number of amides is 1. The van der Waals surface area contributed by atoms with Gasteiger partial charge in [-0.2, -0.15) is 0 Å². The first kappa shape index (κ1) is 12.5. The molecule has 0 bridgehead atoms. The summed E-state index contributed by atoms with van der Waals surface area (Å²) in [7, 11) is 0. The van der Waals surface area contributed by atoms with Gasteiger partial charge < -0.3 is 10.6 Å². The maximum Gasteiger partial charge on any atom is 0.219 e. The molecule has 15 heavy (non-hydrogen) atoms. The zero-order valence-corrected chi connectivity index (χ0v) is 9.91. The van der Waals surface area contributed by atoms with Gasteiger partial charge in [-0.1, -0.05) is 0 Å². The first-order valence-corrected chi connectivity index (χ1v) is 5.88. The molecule has 2 N–H and O–H groups in total. The summed E-state index contributed by atoms with van der Waals surface area (Å²) in [6, 6.07) is 0.525. The van der Waals surface area contributed by atoms with Gasteiger partial charge >= 0.3 is 0 Å². The second-order valence-electron chi connectivity index (χ2n) is 4.18. The van der Waals surface area contributed by atoms with Crippen LogP contribution in [-0.2, 0) is 4.79 Å². The molecule has 0 aromatic rings. The number of hydrogen-bond acceptors (Lipinski definition) is 3. The number of carbonyl (C=O) groups excluding carboxylic acids is 1. The van der Waals surface area contributed by atoms with Gasteiger partial charge in [-0.15, -0.1) is 0 Å². The highest BCUT2D eigenvalue weighted by Gasteiger charge is 2.25. The van der Waals surface area contributed by atoms with E-state index in [0.29, 0.717) is 12.6 Å². The van der Waals surface area contributed by atoms with E-state index in [1.54, 1.807) is 6.92 Å². The van der Waals surface area contributed by atoms with Crippen molar-refractivity contribution in [1.82, 2.24) is 9.80 Å². The molecule has 4 heteroatoms. The van der Waals surface area contributed by atoms with Crippen molar-refractivity contribution in [3.63, 3.8) is 0 Å². The molecule has 1 aliphatic rings. The number of hydrogen-bond donors (Lipinski definition) is 1. The lowest BCUT2D eigenvalue weighted by molar-refractivity contribution is -0.129. The van der Waals surface area contributed by atoms with E-state index < -0.39 is 0 Å². The van der Waals surface area contributed by atoms with Crippen LogP contribution in [0.15, 0.2) is 0 Å². The van der Waals surface area contributed by atoms with Crippen LogP contribution < -0.4 is 5.73 Å². The van der Waals surface area contributed by atoms with E-state index in [-0.39, 0.29) is 5.91 Å². The Labute approximate surface area is 92.4 Å². The van der Waals surface area contributed by atoms with Gasteiger partial charge in [-0.05, 0) is 26.3 Å². The molecule has 1 rings (SSSR count). The third-order valence-corrected chi connectivity index (χ3v) is 3.17. The third kappa shape index (κ3) is 3.47. The summed E-state index contributed by atoms with van der Waals surface area (Å²) in [5, 5.41) is 0. The molecule has 1 heterocycles. The number of likely N-dealkylation sites (N-methyl/N-ethyl adjacent to an activating group) is 1. The molecule has 0 aromatic carbocycles. The van der Waals surface area contributed by atoms with Crippen molar-refractivity contribution in [3.05, 3.63) is 0 Å². The minimum Gasteiger partial charge on any atom is -0.342 e. The normalized spacial score (nSPS) is 21.9. The molecule has 0 aliphatic carbocycles. The Hall–Kier alpha value is -0.610. The van der Waals surface area contributed by atoms with Crippen molar-refractivity contribution in [2.45, 2.75) is 32.7 Å². The zero-order valence-electron chi connectivity index (χ0n) is 9.91. The predicted molar refractivity (Wildman–Crippen MR) is 61.6 cm³/mol. The lowest BCUT2D eigenvalue weighted by atomic mass is 10.2. The molecular formula is C11H23N3O. The van der Waals surface area contributed by atoms with E-state index in [2.05, 4.69) is 4.90 Å². The van der Waals surface area contributed by atoms with Crippen LogP contribution >= 0.6 is 0 Å². The fraction of sp³-hybridized carbons (Fsp3) is 0.909. The molecule has 0 aromatic heterocycles. The Morgan fingerprint density at radius 1 is 1.60 bits per heavy atom. The number of likely N-dealkylation sites (tertiary alicyclic amines) is 1. The van der Waals surface area contributed by atoms with Gasteiger partial charge in [-0.3, -0.25) is 9.69 Å². The van der Waals surface area contributed by atoms with E-state index in [0.717, 1.165) is 26.2 Å². The maximum atomic E-state index is 11.3. The Bertz CT molecular complexity index is 208. The van der Waals surface area contributed by atoms with Crippen LogP contribution in [0.3, 0.4) is 0 Å². The predicted octanol–water partition coefficient (Wildman–Crippen LogP) is 0.278. The molecule has 1 amide bonds. The monoisotopic (exact) mass is 213 g/mol. The average molecular weight is 213 g/mol. The summed E-state index contributed by atoms with van der Waals surface area (Å²) in [6.07, 6.45) is 2.43. The Morgan fingerprint density at radius 2 is 2.33 bits per heavy atom. The first-order valence-electron chi connectivity index (χ1n) is 5.88. The first-order chi connectivity index (χ1) is 7.19. The highest BCUT2D eigenvalue weighted by molar-refractivity contribution is 5.73. The van der Waals surface area contributed by atoms with Gasteiger partial charge in [0.25, 0.3) is 0 Å². The van der Waals surface area contributed by atoms with Crippen molar-refractivity contribution in [2.75, 3.05) is 32.7 Å². The smallest absolute Gasteiger partial charge is 0.219 e. The van der Waals surface area contributed by atoms with Crippen molar-refractivity contribution in [3.8, 4) is 0 Å². The summed E-state index contributed by atoms with van der Waals surface area (Å²) >= 11 is 0. The summed E-state index contributed by atoms with van der Waals surface area (Å²) in [4.78, 5) is 15.6. The topological polar surface area (TPSA) is 49.6 Å². The van der Waals surface area contributed by atoms with E-state index in [1.807, 2.05) is 11.8 Å². The van der Waals surface area contributed by atoms with E-state index in [4.69, 9.17) is 5.73 Å². The average Bonchev–Trinajstić information content (AvgIpc) is 2.62. The molecule has 1 fully saturated rings. The number of carbonyl (C=O) groups is 1. The Morgan fingerprint density at radius 3 is 2.87 bits per heavy atom. The fourth-order valence-electron chi connectivity index (χ4n) is 2.30. The van der Waals surface area contributed by atoms with Crippen LogP contribution in [0.1, 0.15) is 26.7 Å². The van der Waals surface area contributed by atoms with E-state index in [1.165, 1.54) is 12.8 Å². The quantitative estimate of drug-likeness (QED) is 0.713. The van der Waals surface area contributed by atoms with Crippen LogP contribution in [0.2, 0.25) is 0 Å². The fourth-order valence-corrected chi connectivity index (χ4v) is 2.30. The molecule has 88 valence electrons. The minimum atomic E-state index is 0.178. The van der Waals surface area contributed by atoms with Gasteiger partial charge in [0.2, 0.25) is 5.91 Å². The van der Waals surface area contributed by atoms with Gasteiger partial charge in [-0.25, -0.2) is 0 Å². The highest BCUT2D eigenvalue weighted by Crippen LogP contribution is 2.17. The molecule has 4 nitrogen and oxygen atoms in total. The number of nitrogens with zero attached hydrogens (tertiary/aromatic N) is 2. The molecule has 1 saturated heterocycles. The highest BCUT2D eigenvalue weighted by atomic mass is 16.2. The van der Waals surface area contributed by atoms with Crippen molar-refractivity contribution < 1.29 is 4.79 Å². The second-order valence-corrected chi connectivity index (χ2v) is 4.18. The van der Waals surface area contributed by atoms with Gasteiger partial charge in [0, 0.05) is 39.1 Å². The third-order valence-electron chi connectivity index (χ3n) is 3.17. The molecule has 1 aliphatic heterocycles. The molecular weight excluding hydrogens is 190 g/mol. The van der Waals surface area contributed by atoms with Crippen LogP contribution in [-0.4, -0.2) is 54.5 Å². The molecule has 1 atom stereocenters. The number of rotatable bonds is 5. The van der Waals surface area contributed by atoms with Crippen molar-refractivity contribution >= 4 is 5.91 Å². The minimum absolute atomic E-state index is 0.178. The van der Waals surface area contributed by atoms with Crippen molar-refractivity contribution in [2.24, 2.45) is 5.73 Å². The number of nitrogens with two attached hydrogens (primary N) is 1. The van der Waals surface area contributed by atoms with Crippen LogP contribution in [0, 0.1) is 0 Å². The molecule has 0 radical (unpaired) electrons. The van der Waals surface area contributed by atoms with Gasteiger partial charge in [0.05, 0.1) is 0 Å². The van der Waals surface area contributed by atoms with Crippen LogP contribution in [0.5, 0.6) is 0 Å². The SMILES string of the molecule is CCN(C[C@H]1CCCN1CCN)C(C)=O. The van der Waals surface area contributed by atoms with Crippen LogP contribution in [0.4, 0.5) is 0 Å². The van der Waals surface area contributed by atoms with E-state index >= 15 is 0 Å². The Balaban J connectivity index is 2.44. The second kappa shape index (κ2) is 6.08. The summed E-state index contributed by atoms with van der Waals surface area (Å²) in [5.41, 5.74) is 5.57. The van der Waals surface area contributed by atoms with Gasteiger partial charge in [0.15, 0.2) is 0 Å². The summed E-state index contributed by atoms with van der Waals surface area (Å²) in [6.45, 7) is 8.16. The van der Waals surface area contributed by atoms with Gasteiger partial charge in [0.1, 0.15) is 0 Å². The lowest BCUT2D eigenvalue weighted by Crippen LogP contribution is -2.43. The molecule has 0 unspecified atom stereocenters. The maximum absolute atomic E-state index is 11.3. The standard InChI is InChI=1S/C11H23N3O/c1-3-13(10(2)15)9-11-5-4-7-14(11)8-6-12/h11H,3-9,12H2,1-2H3/t11-/m1/s1. The summed E-state index contributed by atoms with van der Waals surface area (Å²) < 4.78 is 0. The van der Waals surface area contributed by atoms with Crippen LogP contribution in [0.25, 0.3) is 0 Å². The zero-order chi connectivity index (χ0) is 11.3. The largest absolute Gasteiger partial charge is 0.342 e. The van der Waals surface area contributed by atoms with E-state index in [9.17, 15) is 4.79 Å². The van der Waals surface area contributed by atoms with Crippen molar-refractivity contribution in [1.29, 1.82) is 0 Å². The Kier molecular flexibility index (Phi) is 5.05.